The number of nitrogens with one attached hydrogen (secondary N) is 1. The van der Waals surface area contributed by atoms with Gasteiger partial charge in [0, 0.05) is 18.7 Å². The number of aryl methyl sites for hydroxylation is 3. The van der Waals surface area contributed by atoms with Crippen molar-refractivity contribution in [2.75, 3.05) is 26.1 Å². The molecule has 186 valence electrons. The smallest absolute Gasteiger partial charge is 0.244 e. The van der Waals surface area contributed by atoms with Gasteiger partial charge in [-0.25, -0.2) is 8.42 Å². The maximum atomic E-state index is 13.8. The van der Waals surface area contributed by atoms with Crippen LogP contribution in [0.5, 0.6) is 11.5 Å². The van der Waals surface area contributed by atoms with Crippen molar-refractivity contribution >= 4 is 33.2 Å². The average molecular weight is 517 g/mol. The number of methoxy groups -OCH3 is 2. The maximum Gasteiger partial charge on any atom is 0.244 e. The second-order valence-electron chi connectivity index (χ2n) is 8.22. The van der Waals surface area contributed by atoms with Crippen LogP contribution in [0, 0.1) is 20.8 Å². The van der Waals surface area contributed by atoms with Crippen LogP contribution in [0.1, 0.15) is 22.3 Å². The molecule has 9 heteroatoms. The van der Waals surface area contributed by atoms with E-state index in [4.69, 9.17) is 21.1 Å². The zero-order valence-corrected chi connectivity index (χ0v) is 22.0. The number of nitrogens with zero attached hydrogens (tertiary/aromatic N) is 1. The first-order valence-electron chi connectivity index (χ1n) is 10.9. The number of hydrogen-bond donors (Lipinski definition) is 1. The van der Waals surface area contributed by atoms with E-state index < -0.39 is 22.5 Å². The van der Waals surface area contributed by atoms with E-state index in [1.807, 2.05) is 49.4 Å². The molecule has 0 aromatic heterocycles. The quantitative estimate of drug-likeness (QED) is 0.427. The highest BCUT2D eigenvalue weighted by Crippen LogP contribution is 2.36. The van der Waals surface area contributed by atoms with Crippen molar-refractivity contribution in [3.05, 3.63) is 81.9 Å². The van der Waals surface area contributed by atoms with Gasteiger partial charge in [0.05, 0.1) is 36.4 Å². The first kappa shape index (κ1) is 26.5. The SMILES string of the molecule is COc1cc(NC(=O)CN(Cc2ccccc2)S(=O)(=O)c2c(C)cc(C)cc2C)c(OC)cc1Cl. The van der Waals surface area contributed by atoms with Crippen LogP contribution in [-0.2, 0) is 21.4 Å². The van der Waals surface area contributed by atoms with E-state index in [2.05, 4.69) is 5.32 Å². The summed E-state index contributed by atoms with van der Waals surface area (Å²) in [5.41, 5.74) is 3.31. The molecular formula is C26H29ClN2O5S. The Balaban J connectivity index is 1.98. The molecule has 1 N–H and O–H groups in total. The summed E-state index contributed by atoms with van der Waals surface area (Å²) in [6.07, 6.45) is 0. The molecule has 0 aliphatic carbocycles. The fraction of sp³-hybridized carbons (Fsp3) is 0.269. The molecule has 0 aliphatic heterocycles. The summed E-state index contributed by atoms with van der Waals surface area (Å²) in [6, 6.07) is 15.9. The molecule has 0 atom stereocenters. The Morgan fingerprint density at radius 1 is 0.943 bits per heavy atom. The number of rotatable bonds is 9. The number of anilines is 1. The Morgan fingerprint density at radius 2 is 1.54 bits per heavy atom. The highest BCUT2D eigenvalue weighted by atomic mass is 35.5. The van der Waals surface area contributed by atoms with Crippen LogP contribution in [0.15, 0.2) is 59.5 Å². The number of benzene rings is 3. The zero-order valence-electron chi connectivity index (χ0n) is 20.4. The van der Waals surface area contributed by atoms with Crippen LogP contribution >= 0.6 is 11.6 Å². The molecule has 1 amide bonds. The molecule has 0 unspecified atom stereocenters. The normalized spacial score (nSPS) is 11.4. The van der Waals surface area contributed by atoms with E-state index in [9.17, 15) is 13.2 Å². The Bertz CT molecular complexity index is 1300. The van der Waals surface area contributed by atoms with Gasteiger partial charge in [-0.3, -0.25) is 4.79 Å². The molecule has 0 saturated heterocycles. The lowest BCUT2D eigenvalue weighted by atomic mass is 10.1. The number of halogens is 1. The maximum absolute atomic E-state index is 13.8. The first-order valence-corrected chi connectivity index (χ1v) is 12.7. The average Bonchev–Trinajstić information content (AvgIpc) is 2.79. The van der Waals surface area contributed by atoms with Crippen molar-refractivity contribution in [1.29, 1.82) is 0 Å². The summed E-state index contributed by atoms with van der Waals surface area (Å²) < 4.78 is 39.4. The number of ether oxygens (including phenoxy) is 2. The standard InChI is InChI=1S/C26H29ClN2O5S/c1-17-11-18(2)26(19(3)12-17)35(31,32)29(15-20-9-7-6-8-10-20)16-25(30)28-22-14-23(33-4)21(27)13-24(22)34-5/h6-14H,15-16H2,1-5H3,(H,28,30). The molecule has 0 fully saturated rings. The van der Waals surface area contributed by atoms with E-state index in [0.29, 0.717) is 33.3 Å². The number of sulfonamides is 1. The van der Waals surface area contributed by atoms with Crippen LogP contribution in [0.4, 0.5) is 5.69 Å². The van der Waals surface area contributed by atoms with Gasteiger partial charge in [0.15, 0.2) is 0 Å². The molecule has 0 radical (unpaired) electrons. The van der Waals surface area contributed by atoms with Crippen molar-refractivity contribution in [3.63, 3.8) is 0 Å². The van der Waals surface area contributed by atoms with E-state index in [1.165, 1.54) is 30.7 Å². The first-order chi connectivity index (χ1) is 16.6. The second kappa shape index (κ2) is 11.1. The van der Waals surface area contributed by atoms with Crippen LogP contribution < -0.4 is 14.8 Å². The zero-order chi connectivity index (χ0) is 25.8. The molecule has 0 aliphatic rings. The lowest BCUT2D eigenvalue weighted by Gasteiger charge is -2.24. The molecule has 7 nitrogen and oxygen atoms in total. The van der Waals surface area contributed by atoms with Gasteiger partial charge in [0.25, 0.3) is 0 Å². The molecule has 35 heavy (non-hydrogen) atoms. The van der Waals surface area contributed by atoms with Crippen LogP contribution in [0.25, 0.3) is 0 Å². The molecule has 3 rings (SSSR count). The van der Waals surface area contributed by atoms with E-state index in [0.717, 1.165) is 11.1 Å². The molecule has 0 bridgehead atoms. The minimum Gasteiger partial charge on any atom is -0.495 e. The summed E-state index contributed by atoms with van der Waals surface area (Å²) in [5, 5.41) is 3.05. The number of carbonyl (C=O) groups excluding carboxylic acids is 1. The van der Waals surface area contributed by atoms with Crippen molar-refractivity contribution in [2.45, 2.75) is 32.2 Å². The van der Waals surface area contributed by atoms with Gasteiger partial charge in [-0.2, -0.15) is 4.31 Å². The monoisotopic (exact) mass is 516 g/mol. The van der Waals surface area contributed by atoms with E-state index >= 15 is 0 Å². The molecule has 3 aromatic carbocycles. The Morgan fingerprint density at radius 3 is 2.11 bits per heavy atom. The fourth-order valence-corrected chi connectivity index (χ4v) is 6.05. The fourth-order valence-electron chi connectivity index (χ4n) is 4.02. The van der Waals surface area contributed by atoms with Crippen molar-refractivity contribution in [3.8, 4) is 11.5 Å². The lowest BCUT2D eigenvalue weighted by molar-refractivity contribution is -0.116. The number of carbonyl (C=O) groups is 1. The Labute approximate surface area is 211 Å². The molecule has 0 spiro atoms. The van der Waals surface area contributed by atoms with Gasteiger partial charge in [0.2, 0.25) is 15.9 Å². The predicted molar refractivity (Wildman–Crippen MR) is 138 cm³/mol. The van der Waals surface area contributed by atoms with Gasteiger partial charge in [-0.1, -0.05) is 59.6 Å². The summed E-state index contributed by atoms with van der Waals surface area (Å²) in [6.45, 7) is 5.07. The van der Waals surface area contributed by atoms with Crippen LogP contribution in [0.3, 0.4) is 0 Å². The van der Waals surface area contributed by atoms with Crippen LogP contribution in [0.2, 0.25) is 5.02 Å². The molecule has 3 aromatic rings. The van der Waals surface area contributed by atoms with Gasteiger partial charge >= 0.3 is 0 Å². The highest BCUT2D eigenvalue weighted by molar-refractivity contribution is 7.89. The predicted octanol–water partition coefficient (Wildman–Crippen LogP) is 5.11. The van der Waals surface area contributed by atoms with E-state index in [1.54, 1.807) is 13.8 Å². The minimum atomic E-state index is -4.00. The lowest BCUT2D eigenvalue weighted by Crippen LogP contribution is -2.38. The third kappa shape index (κ3) is 6.14. The second-order valence-corrected chi connectivity index (χ2v) is 10.5. The summed E-state index contributed by atoms with van der Waals surface area (Å²) in [4.78, 5) is 13.3. The van der Waals surface area contributed by atoms with Gasteiger partial charge in [-0.15, -0.1) is 0 Å². The van der Waals surface area contributed by atoms with Crippen LogP contribution in [-0.4, -0.2) is 39.4 Å². The Kier molecular flexibility index (Phi) is 8.43. The van der Waals surface area contributed by atoms with Gasteiger partial charge in [0.1, 0.15) is 11.5 Å². The van der Waals surface area contributed by atoms with Gasteiger partial charge < -0.3 is 14.8 Å². The Hall–Kier alpha value is -3.07. The number of hydrogen-bond acceptors (Lipinski definition) is 5. The summed E-state index contributed by atoms with van der Waals surface area (Å²) in [5.74, 6) is 0.142. The van der Waals surface area contributed by atoms with Crippen molar-refractivity contribution < 1.29 is 22.7 Å². The molecule has 0 heterocycles. The highest BCUT2D eigenvalue weighted by Gasteiger charge is 2.30. The van der Waals surface area contributed by atoms with Crippen molar-refractivity contribution in [2.24, 2.45) is 0 Å². The topological polar surface area (TPSA) is 84.9 Å². The third-order valence-electron chi connectivity index (χ3n) is 5.47. The van der Waals surface area contributed by atoms with Gasteiger partial charge in [-0.05, 0) is 37.5 Å². The number of amides is 1. The molecular weight excluding hydrogens is 488 g/mol. The summed E-state index contributed by atoms with van der Waals surface area (Å²) in [7, 11) is -1.10. The molecule has 0 saturated carbocycles. The summed E-state index contributed by atoms with van der Waals surface area (Å²) >= 11 is 6.15. The minimum absolute atomic E-state index is 0.0322. The van der Waals surface area contributed by atoms with Crippen molar-refractivity contribution in [1.82, 2.24) is 4.31 Å². The largest absolute Gasteiger partial charge is 0.495 e. The van der Waals surface area contributed by atoms with E-state index in [-0.39, 0.29) is 11.4 Å². The third-order valence-corrected chi connectivity index (χ3v) is 7.87.